The number of benzene rings is 2. The number of sulfonamides is 1. The molecule has 5 nitrogen and oxygen atoms in total. The second-order valence-electron chi connectivity index (χ2n) is 6.48. The van der Waals surface area contributed by atoms with Crippen molar-refractivity contribution in [1.82, 2.24) is 9.71 Å². The lowest BCUT2D eigenvalue weighted by molar-refractivity contribution is 0.242. The van der Waals surface area contributed by atoms with E-state index in [2.05, 4.69) is 9.71 Å². The van der Waals surface area contributed by atoms with Crippen molar-refractivity contribution in [1.29, 1.82) is 0 Å². The van der Waals surface area contributed by atoms with E-state index in [1.807, 2.05) is 57.2 Å². The Kier molecular flexibility index (Phi) is 5.25. The van der Waals surface area contributed by atoms with Gasteiger partial charge in [-0.1, -0.05) is 24.3 Å². The van der Waals surface area contributed by atoms with E-state index in [9.17, 15) is 8.42 Å². The third kappa shape index (κ3) is 4.20. The zero-order valence-corrected chi connectivity index (χ0v) is 15.9. The predicted molar refractivity (Wildman–Crippen MR) is 103 cm³/mol. The summed E-state index contributed by atoms with van der Waals surface area (Å²) in [6.45, 7) is 6.05. The van der Waals surface area contributed by atoms with Crippen LogP contribution in [0.2, 0.25) is 0 Å². The van der Waals surface area contributed by atoms with Crippen molar-refractivity contribution in [2.45, 2.75) is 38.3 Å². The highest BCUT2D eigenvalue weighted by Gasteiger charge is 2.18. The summed E-state index contributed by atoms with van der Waals surface area (Å²) in [5, 5.41) is 0.808. The highest BCUT2D eigenvalue weighted by atomic mass is 32.2. The Morgan fingerprint density at radius 3 is 2.54 bits per heavy atom. The van der Waals surface area contributed by atoms with Crippen molar-refractivity contribution >= 4 is 20.9 Å². The Balaban J connectivity index is 1.79. The number of para-hydroxylation sites is 1. The fraction of sp³-hybridized carbons (Fsp3) is 0.250. The first kappa shape index (κ1) is 18.4. The average Bonchev–Trinajstić information content (AvgIpc) is 2.60. The largest absolute Gasteiger partial charge is 0.491 e. The van der Waals surface area contributed by atoms with E-state index in [0.29, 0.717) is 5.52 Å². The molecule has 3 aromatic rings. The fourth-order valence-electron chi connectivity index (χ4n) is 2.67. The number of aromatic nitrogens is 1. The number of pyridine rings is 1. The van der Waals surface area contributed by atoms with Crippen LogP contribution in [0.4, 0.5) is 0 Å². The molecule has 3 rings (SSSR count). The predicted octanol–water partition coefficient (Wildman–Crippen LogP) is 3.81. The second-order valence-corrected chi connectivity index (χ2v) is 8.21. The quantitative estimate of drug-likeness (QED) is 0.716. The van der Waals surface area contributed by atoms with Crippen molar-refractivity contribution in [3.05, 3.63) is 65.9 Å². The van der Waals surface area contributed by atoms with Crippen LogP contribution in [0.5, 0.6) is 5.75 Å². The van der Waals surface area contributed by atoms with Gasteiger partial charge in [-0.15, -0.1) is 0 Å². The molecule has 0 amide bonds. The molecule has 0 unspecified atom stereocenters. The van der Waals surface area contributed by atoms with E-state index in [-0.39, 0.29) is 17.5 Å². The molecule has 0 saturated heterocycles. The van der Waals surface area contributed by atoms with Gasteiger partial charge in [0, 0.05) is 18.1 Å². The summed E-state index contributed by atoms with van der Waals surface area (Å²) in [5.74, 6) is 0.764. The zero-order chi connectivity index (χ0) is 18.7. The molecule has 0 spiro atoms. The van der Waals surface area contributed by atoms with Gasteiger partial charge in [-0.05, 0) is 56.2 Å². The third-order valence-corrected chi connectivity index (χ3v) is 5.29. The molecule has 1 aromatic heterocycles. The first-order chi connectivity index (χ1) is 12.3. The van der Waals surface area contributed by atoms with Gasteiger partial charge in [0.05, 0.1) is 11.6 Å². The maximum Gasteiger partial charge on any atom is 0.243 e. The van der Waals surface area contributed by atoms with E-state index in [4.69, 9.17) is 4.74 Å². The Bertz CT molecular complexity index is 1010. The van der Waals surface area contributed by atoms with Crippen LogP contribution < -0.4 is 9.46 Å². The van der Waals surface area contributed by atoms with Crippen LogP contribution >= 0.6 is 0 Å². The number of hydrogen-bond donors (Lipinski definition) is 1. The lowest BCUT2D eigenvalue weighted by atomic mass is 10.2. The molecule has 0 bridgehead atoms. The standard InChI is InChI=1S/C20H22N2O3S/c1-14(2)25-18-9-7-16(8-10-18)13-22-26(23,24)19-6-4-5-17-11-15(3)12-21-20(17)19/h4-12,14,22H,13H2,1-3H3. The summed E-state index contributed by atoms with van der Waals surface area (Å²) in [4.78, 5) is 4.50. The van der Waals surface area contributed by atoms with Crippen molar-refractivity contribution < 1.29 is 13.2 Å². The maximum absolute atomic E-state index is 12.7. The SMILES string of the molecule is Cc1cnc2c(S(=O)(=O)NCc3ccc(OC(C)C)cc3)cccc2c1. The minimum atomic E-state index is -3.67. The smallest absolute Gasteiger partial charge is 0.243 e. The fourth-order valence-corrected chi connectivity index (χ4v) is 3.87. The molecule has 136 valence electrons. The van der Waals surface area contributed by atoms with Crippen LogP contribution in [-0.4, -0.2) is 19.5 Å². The van der Waals surface area contributed by atoms with E-state index in [0.717, 1.165) is 22.3 Å². The minimum absolute atomic E-state index is 0.0989. The van der Waals surface area contributed by atoms with Gasteiger partial charge < -0.3 is 4.74 Å². The van der Waals surface area contributed by atoms with Crippen molar-refractivity contribution in [2.75, 3.05) is 0 Å². The van der Waals surface area contributed by atoms with Crippen LogP contribution in [0.25, 0.3) is 10.9 Å². The van der Waals surface area contributed by atoms with E-state index < -0.39 is 10.0 Å². The first-order valence-corrected chi connectivity index (χ1v) is 9.94. The second kappa shape index (κ2) is 7.43. The summed E-state index contributed by atoms with van der Waals surface area (Å²) in [6, 6.07) is 14.5. The highest BCUT2D eigenvalue weighted by Crippen LogP contribution is 2.22. The molecule has 2 aromatic carbocycles. The third-order valence-electron chi connectivity index (χ3n) is 3.86. The minimum Gasteiger partial charge on any atom is -0.491 e. The van der Waals surface area contributed by atoms with E-state index in [1.165, 1.54) is 0 Å². The van der Waals surface area contributed by atoms with Crippen molar-refractivity contribution in [3.8, 4) is 5.75 Å². The number of hydrogen-bond acceptors (Lipinski definition) is 4. The molecule has 0 fully saturated rings. The normalized spacial score (nSPS) is 11.8. The van der Waals surface area contributed by atoms with Gasteiger partial charge in [0.15, 0.2) is 0 Å². The molecule has 6 heteroatoms. The number of rotatable bonds is 6. The van der Waals surface area contributed by atoms with Crippen LogP contribution in [0.3, 0.4) is 0 Å². The van der Waals surface area contributed by atoms with Crippen LogP contribution in [0, 0.1) is 6.92 Å². The highest BCUT2D eigenvalue weighted by molar-refractivity contribution is 7.89. The van der Waals surface area contributed by atoms with Gasteiger partial charge >= 0.3 is 0 Å². The maximum atomic E-state index is 12.7. The van der Waals surface area contributed by atoms with E-state index in [1.54, 1.807) is 18.3 Å². The first-order valence-electron chi connectivity index (χ1n) is 8.46. The zero-order valence-electron chi connectivity index (χ0n) is 15.1. The van der Waals surface area contributed by atoms with Crippen LogP contribution in [-0.2, 0) is 16.6 Å². The molecule has 1 N–H and O–H groups in total. The Hall–Kier alpha value is -2.44. The Labute approximate surface area is 154 Å². The lowest BCUT2D eigenvalue weighted by Crippen LogP contribution is -2.23. The summed E-state index contributed by atoms with van der Waals surface area (Å²) < 4.78 is 33.7. The van der Waals surface area contributed by atoms with Gasteiger partial charge in [0.2, 0.25) is 10.0 Å². The van der Waals surface area contributed by atoms with Gasteiger partial charge in [-0.25, -0.2) is 13.1 Å². The van der Waals surface area contributed by atoms with Crippen molar-refractivity contribution in [2.24, 2.45) is 0 Å². The molecule has 0 saturated carbocycles. The Morgan fingerprint density at radius 1 is 1.12 bits per heavy atom. The molecule has 0 aliphatic heterocycles. The van der Waals surface area contributed by atoms with Gasteiger partial charge in [-0.3, -0.25) is 4.98 Å². The summed E-state index contributed by atoms with van der Waals surface area (Å²) >= 11 is 0. The number of ether oxygens (including phenoxy) is 1. The lowest BCUT2D eigenvalue weighted by Gasteiger charge is -2.11. The number of fused-ring (bicyclic) bond motifs is 1. The number of nitrogens with zero attached hydrogens (tertiary/aromatic N) is 1. The van der Waals surface area contributed by atoms with Crippen LogP contribution in [0.15, 0.2) is 59.6 Å². The molecule has 0 aliphatic carbocycles. The number of aryl methyl sites for hydroxylation is 1. The monoisotopic (exact) mass is 370 g/mol. The molecule has 26 heavy (non-hydrogen) atoms. The molecule has 0 atom stereocenters. The molecule has 0 aliphatic rings. The molecular weight excluding hydrogens is 348 g/mol. The molecule has 0 radical (unpaired) electrons. The molecular formula is C20H22N2O3S. The summed E-state index contributed by atoms with van der Waals surface area (Å²) in [7, 11) is -3.67. The van der Waals surface area contributed by atoms with Crippen molar-refractivity contribution in [3.63, 3.8) is 0 Å². The van der Waals surface area contributed by atoms with Gasteiger partial charge in [0.25, 0.3) is 0 Å². The van der Waals surface area contributed by atoms with Crippen LogP contribution in [0.1, 0.15) is 25.0 Å². The van der Waals surface area contributed by atoms with Gasteiger partial charge in [0.1, 0.15) is 10.6 Å². The number of nitrogens with one attached hydrogen (secondary N) is 1. The average molecular weight is 370 g/mol. The topological polar surface area (TPSA) is 68.3 Å². The Morgan fingerprint density at radius 2 is 1.85 bits per heavy atom. The molecule has 1 heterocycles. The summed E-state index contributed by atoms with van der Waals surface area (Å²) in [6.07, 6.45) is 1.77. The van der Waals surface area contributed by atoms with E-state index >= 15 is 0 Å². The van der Waals surface area contributed by atoms with Gasteiger partial charge in [-0.2, -0.15) is 0 Å². The summed E-state index contributed by atoms with van der Waals surface area (Å²) in [5.41, 5.74) is 2.32.